The van der Waals surface area contributed by atoms with Gasteiger partial charge in [-0.2, -0.15) is 4.99 Å². The van der Waals surface area contributed by atoms with Crippen molar-refractivity contribution in [2.45, 2.75) is 37.8 Å². The van der Waals surface area contributed by atoms with Crippen LogP contribution in [-0.4, -0.2) is 30.8 Å². The topological polar surface area (TPSA) is 98.5 Å². The number of rotatable bonds is 6. The zero-order valence-corrected chi connectivity index (χ0v) is 16.5. The van der Waals surface area contributed by atoms with Crippen LogP contribution in [0.1, 0.15) is 32.1 Å². The first-order valence-corrected chi connectivity index (χ1v) is 10.1. The number of aliphatic imine (C=N–C) groups is 2. The van der Waals surface area contributed by atoms with Gasteiger partial charge in [-0.1, -0.05) is 36.8 Å². The first kappa shape index (κ1) is 19.1. The molecular weight excluding hydrogens is 366 g/mol. The summed E-state index contributed by atoms with van der Waals surface area (Å²) in [4.78, 5) is 11.0. The molecule has 1 spiro atoms. The van der Waals surface area contributed by atoms with Gasteiger partial charge in [-0.05, 0) is 49.9 Å². The van der Waals surface area contributed by atoms with E-state index in [9.17, 15) is 0 Å². The lowest BCUT2D eigenvalue weighted by Gasteiger charge is -2.45. The minimum atomic E-state index is -0.492. The zero-order valence-electron chi connectivity index (χ0n) is 16.5. The van der Waals surface area contributed by atoms with Gasteiger partial charge in [-0.25, -0.2) is 4.99 Å². The van der Waals surface area contributed by atoms with Crippen molar-refractivity contribution in [3.63, 3.8) is 0 Å². The Morgan fingerprint density at radius 2 is 1.55 bits per heavy atom. The Bertz CT molecular complexity index is 891. The van der Waals surface area contributed by atoms with Gasteiger partial charge in [0, 0.05) is 0 Å². The van der Waals surface area contributed by atoms with Crippen LogP contribution in [0.15, 0.2) is 64.6 Å². The van der Waals surface area contributed by atoms with Crippen LogP contribution in [-0.2, 0) is 0 Å². The van der Waals surface area contributed by atoms with E-state index in [2.05, 4.69) is 4.99 Å². The number of guanidine groups is 2. The van der Waals surface area contributed by atoms with E-state index in [0.29, 0.717) is 19.2 Å². The highest BCUT2D eigenvalue weighted by Crippen LogP contribution is 2.42. The van der Waals surface area contributed by atoms with Crippen molar-refractivity contribution >= 4 is 17.6 Å². The summed E-state index contributed by atoms with van der Waals surface area (Å²) < 4.78 is 11.8. The van der Waals surface area contributed by atoms with Gasteiger partial charge in [0.25, 0.3) is 0 Å². The number of benzene rings is 2. The Morgan fingerprint density at radius 1 is 0.862 bits per heavy atom. The highest BCUT2D eigenvalue weighted by molar-refractivity contribution is 6.06. The molecule has 1 saturated carbocycles. The molecule has 2 aliphatic rings. The number of hydrogen-bond donors (Lipinski definition) is 2. The molecule has 0 bridgehead atoms. The van der Waals surface area contributed by atoms with Gasteiger partial charge in [0.1, 0.15) is 30.4 Å². The summed E-state index contributed by atoms with van der Waals surface area (Å²) in [5.74, 6) is 2.15. The third-order valence-corrected chi connectivity index (χ3v) is 5.31. The van der Waals surface area contributed by atoms with Crippen molar-refractivity contribution < 1.29 is 9.47 Å². The first-order chi connectivity index (χ1) is 14.2. The molecule has 1 aliphatic heterocycles. The number of nitrogens with two attached hydrogens (primary N) is 2. The molecule has 0 radical (unpaired) electrons. The quantitative estimate of drug-likeness (QED) is 0.734. The van der Waals surface area contributed by atoms with Crippen molar-refractivity contribution in [1.29, 1.82) is 0 Å². The molecule has 0 aromatic heterocycles. The lowest BCUT2D eigenvalue weighted by molar-refractivity contribution is 0.216. The Balaban J connectivity index is 1.52. The minimum Gasteiger partial charge on any atom is -0.490 e. The van der Waals surface area contributed by atoms with Crippen molar-refractivity contribution in [1.82, 2.24) is 0 Å². The Hall–Kier alpha value is -3.22. The molecule has 0 amide bonds. The van der Waals surface area contributed by atoms with Crippen molar-refractivity contribution in [2.75, 3.05) is 18.1 Å². The molecule has 0 unspecified atom stereocenters. The number of ether oxygens (including phenoxy) is 2. The third kappa shape index (κ3) is 4.13. The summed E-state index contributed by atoms with van der Waals surface area (Å²) in [7, 11) is 0. The zero-order chi connectivity index (χ0) is 20.1. The largest absolute Gasteiger partial charge is 0.490 e. The maximum Gasteiger partial charge on any atom is 0.220 e. The van der Waals surface area contributed by atoms with Crippen LogP contribution >= 0.6 is 0 Å². The second kappa shape index (κ2) is 8.43. The molecule has 4 rings (SSSR count). The third-order valence-electron chi connectivity index (χ3n) is 5.31. The van der Waals surface area contributed by atoms with E-state index in [1.54, 1.807) is 0 Å². The highest BCUT2D eigenvalue weighted by atomic mass is 16.5. The predicted molar refractivity (Wildman–Crippen MR) is 115 cm³/mol. The Morgan fingerprint density at radius 3 is 2.34 bits per heavy atom. The van der Waals surface area contributed by atoms with Gasteiger partial charge in [0.2, 0.25) is 11.9 Å². The predicted octanol–water partition coefficient (Wildman–Crippen LogP) is 3.25. The molecule has 0 saturated heterocycles. The van der Waals surface area contributed by atoms with Gasteiger partial charge < -0.3 is 20.9 Å². The summed E-state index contributed by atoms with van der Waals surface area (Å²) in [6, 6.07) is 17.5. The molecule has 1 fully saturated rings. The molecule has 2 aromatic carbocycles. The lowest BCUT2D eigenvalue weighted by atomic mass is 9.87. The van der Waals surface area contributed by atoms with Crippen molar-refractivity contribution in [3.05, 3.63) is 54.6 Å². The molecular formula is C22H27N5O2. The summed E-state index contributed by atoms with van der Waals surface area (Å²) in [5, 5.41) is 0. The Labute approximate surface area is 171 Å². The summed E-state index contributed by atoms with van der Waals surface area (Å²) in [5.41, 5.74) is 12.7. The number of para-hydroxylation sites is 3. The van der Waals surface area contributed by atoms with E-state index in [1.165, 1.54) is 6.42 Å². The first-order valence-electron chi connectivity index (χ1n) is 10.1. The van der Waals surface area contributed by atoms with Crippen LogP contribution in [0, 0.1) is 0 Å². The van der Waals surface area contributed by atoms with Crippen LogP contribution in [0.4, 0.5) is 5.69 Å². The fraction of sp³-hybridized carbons (Fsp3) is 0.364. The summed E-state index contributed by atoms with van der Waals surface area (Å²) >= 11 is 0. The van der Waals surface area contributed by atoms with E-state index >= 15 is 0 Å². The summed E-state index contributed by atoms with van der Waals surface area (Å²) in [6.45, 7) is 0.855. The average molecular weight is 393 g/mol. The van der Waals surface area contributed by atoms with E-state index in [-0.39, 0.29) is 5.96 Å². The normalized spacial score (nSPS) is 18.1. The van der Waals surface area contributed by atoms with Gasteiger partial charge >= 0.3 is 0 Å². The Kier molecular flexibility index (Phi) is 5.55. The van der Waals surface area contributed by atoms with E-state index in [4.69, 9.17) is 25.9 Å². The molecule has 2 aromatic rings. The number of anilines is 1. The summed E-state index contributed by atoms with van der Waals surface area (Å²) in [6.07, 6.45) is 5.12. The van der Waals surface area contributed by atoms with Gasteiger partial charge in [-0.15, -0.1) is 0 Å². The van der Waals surface area contributed by atoms with E-state index in [1.807, 2.05) is 59.5 Å². The van der Waals surface area contributed by atoms with Crippen molar-refractivity contribution in [3.8, 4) is 11.5 Å². The van der Waals surface area contributed by atoms with Crippen molar-refractivity contribution in [2.24, 2.45) is 21.5 Å². The van der Waals surface area contributed by atoms with E-state index < -0.39 is 5.66 Å². The molecule has 1 heterocycles. The molecule has 29 heavy (non-hydrogen) atoms. The van der Waals surface area contributed by atoms with Crippen LogP contribution in [0.3, 0.4) is 0 Å². The van der Waals surface area contributed by atoms with Gasteiger partial charge in [0.05, 0.1) is 5.69 Å². The smallest absolute Gasteiger partial charge is 0.220 e. The molecule has 0 atom stereocenters. The molecule has 152 valence electrons. The molecule has 7 nitrogen and oxygen atoms in total. The number of nitrogens with zero attached hydrogens (tertiary/aromatic N) is 3. The highest BCUT2D eigenvalue weighted by Gasteiger charge is 2.43. The monoisotopic (exact) mass is 393 g/mol. The van der Waals surface area contributed by atoms with Gasteiger partial charge in [-0.3, -0.25) is 4.90 Å². The van der Waals surface area contributed by atoms with Crippen LogP contribution in [0.25, 0.3) is 0 Å². The maximum atomic E-state index is 6.34. The van der Waals surface area contributed by atoms with E-state index in [0.717, 1.165) is 42.9 Å². The van der Waals surface area contributed by atoms with Crippen LogP contribution in [0.5, 0.6) is 11.5 Å². The average Bonchev–Trinajstić information content (AvgIpc) is 2.73. The molecule has 1 aliphatic carbocycles. The van der Waals surface area contributed by atoms with Crippen LogP contribution < -0.4 is 25.8 Å². The fourth-order valence-electron chi connectivity index (χ4n) is 4.06. The van der Waals surface area contributed by atoms with Crippen LogP contribution in [0.2, 0.25) is 0 Å². The molecule has 7 heteroatoms. The lowest BCUT2D eigenvalue weighted by Crippen LogP contribution is -2.58. The fourth-order valence-corrected chi connectivity index (χ4v) is 4.06. The standard InChI is InChI=1S/C22H27N5O2/c23-20-25-21(24)27(22(26-20)13-7-2-8-14-22)18-11-5-6-12-19(18)29-16-15-28-17-9-3-1-4-10-17/h1,3-6,9-12H,2,7-8,13-16H2,(H4,23,24,25,26). The number of hydrogen-bond acceptors (Lipinski definition) is 7. The SMILES string of the molecule is NC1=NC2(CCCCC2)N(c2ccccc2OCCOc2ccccc2)C(N)=N1. The maximum absolute atomic E-state index is 6.34. The van der Waals surface area contributed by atoms with Gasteiger partial charge in [0.15, 0.2) is 0 Å². The molecule has 4 N–H and O–H groups in total. The second-order valence-electron chi connectivity index (χ2n) is 7.30. The minimum absolute atomic E-state index is 0.246. The second-order valence-corrected chi connectivity index (χ2v) is 7.30.